The number of nitriles is 1. The predicted octanol–water partition coefficient (Wildman–Crippen LogP) is 3.50. The van der Waals surface area contributed by atoms with Crippen LogP contribution in [0.25, 0.3) is 0 Å². The van der Waals surface area contributed by atoms with Crippen LogP contribution in [-0.2, 0) is 0 Å². The van der Waals surface area contributed by atoms with Gasteiger partial charge in [-0.25, -0.2) is 0 Å². The molecule has 1 fully saturated rings. The summed E-state index contributed by atoms with van der Waals surface area (Å²) >= 11 is 0. The Morgan fingerprint density at radius 1 is 1.40 bits per heavy atom. The van der Waals surface area contributed by atoms with Crippen molar-refractivity contribution < 1.29 is 4.74 Å². The zero-order valence-electron chi connectivity index (χ0n) is 12.9. The van der Waals surface area contributed by atoms with Crippen LogP contribution >= 0.6 is 0 Å². The Labute approximate surface area is 121 Å². The van der Waals surface area contributed by atoms with Crippen LogP contribution in [0.1, 0.15) is 44.2 Å². The van der Waals surface area contributed by atoms with Crippen molar-refractivity contribution in [1.29, 1.82) is 5.26 Å². The van der Waals surface area contributed by atoms with Gasteiger partial charge in [0.2, 0.25) is 0 Å². The molecule has 0 bridgehead atoms. The van der Waals surface area contributed by atoms with Gasteiger partial charge in [-0.2, -0.15) is 5.26 Å². The molecule has 1 aliphatic rings. The second-order valence-corrected chi connectivity index (χ2v) is 6.24. The average molecular weight is 272 g/mol. The van der Waals surface area contributed by atoms with Crippen LogP contribution in [0, 0.1) is 25.2 Å². The molecule has 1 aromatic rings. The number of ether oxygens (including phenoxy) is 1. The van der Waals surface area contributed by atoms with Gasteiger partial charge in [0.25, 0.3) is 0 Å². The van der Waals surface area contributed by atoms with Gasteiger partial charge in [0.1, 0.15) is 11.3 Å². The van der Waals surface area contributed by atoms with Crippen molar-refractivity contribution in [1.82, 2.24) is 5.32 Å². The molecule has 2 atom stereocenters. The molecule has 20 heavy (non-hydrogen) atoms. The quantitative estimate of drug-likeness (QED) is 0.862. The van der Waals surface area contributed by atoms with E-state index in [2.05, 4.69) is 37.4 Å². The Hall–Kier alpha value is -1.53. The summed E-state index contributed by atoms with van der Waals surface area (Å²) in [6, 6.07) is 9.05. The molecule has 3 heteroatoms. The SMILES string of the molecule is Cc1ccc(OC(C)CC(C)(C#N)NC2CC2)cc1C. The number of benzene rings is 1. The predicted molar refractivity (Wildman–Crippen MR) is 80.8 cm³/mol. The van der Waals surface area contributed by atoms with Gasteiger partial charge < -0.3 is 4.74 Å². The summed E-state index contributed by atoms with van der Waals surface area (Å²) in [5.74, 6) is 0.882. The lowest BCUT2D eigenvalue weighted by Gasteiger charge is -2.27. The number of nitrogens with one attached hydrogen (secondary N) is 1. The maximum atomic E-state index is 9.39. The molecule has 0 aliphatic heterocycles. The topological polar surface area (TPSA) is 45.0 Å². The van der Waals surface area contributed by atoms with Crippen molar-refractivity contribution >= 4 is 0 Å². The maximum Gasteiger partial charge on any atom is 0.119 e. The van der Waals surface area contributed by atoms with E-state index < -0.39 is 5.54 Å². The van der Waals surface area contributed by atoms with E-state index in [1.807, 2.05) is 19.9 Å². The summed E-state index contributed by atoms with van der Waals surface area (Å²) < 4.78 is 5.96. The molecule has 1 N–H and O–H groups in total. The van der Waals surface area contributed by atoms with E-state index in [4.69, 9.17) is 4.74 Å². The lowest BCUT2D eigenvalue weighted by Crippen LogP contribution is -2.45. The number of aryl methyl sites for hydroxylation is 2. The molecular weight excluding hydrogens is 248 g/mol. The van der Waals surface area contributed by atoms with Gasteiger partial charge in [0.05, 0.1) is 12.2 Å². The third-order valence-corrected chi connectivity index (χ3v) is 3.86. The van der Waals surface area contributed by atoms with Crippen LogP contribution in [0.4, 0.5) is 0 Å². The molecule has 2 rings (SSSR count). The van der Waals surface area contributed by atoms with E-state index in [0.29, 0.717) is 12.5 Å². The summed E-state index contributed by atoms with van der Waals surface area (Å²) in [6.45, 7) is 8.17. The van der Waals surface area contributed by atoms with Gasteiger partial charge in [-0.1, -0.05) is 6.07 Å². The second kappa shape index (κ2) is 5.85. The van der Waals surface area contributed by atoms with Crippen LogP contribution in [0.2, 0.25) is 0 Å². The minimum absolute atomic E-state index is 0.00741. The van der Waals surface area contributed by atoms with Crippen molar-refractivity contribution in [2.24, 2.45) is 0 Å². The van der Waals surface area contributed by atoms with Crippen LogP contribution < -0.4 is 10.1 Å². The molecule has 0 spiro atoms. The van der Waals surface area contributed by atoms with Gasteiger partial charge >= 0.3 is 0 Å². The molecule has 3 nitrogen and oxygen atoms in total. The van der Waals surface area contributed by atoms with Gasteiger partial charge in [0.15, 0.2) is 0 Å². The first-order chi connectivity index (χ1) is 9.42. The van der Waals surface area contributed by atoms with Gasteiger partial charge in [-0.05, 0) is 63.8 Å². The van der Waals surface area contributed by atoms with Crippen LogP contribution in [0.3, 0.4) is 0 Å². The van der Waals surface area contributed by atoms with E-state index in [9.17, 15) is 5.26 Å². The first kappa shape index (κ1) is 14.9. The van der Waals surface area contributed by atoms with E-state index >= 15 is 0 Å². The Morgan fingerprint density at radius 3 is 2.65 bits per heavy atom. The molecule has 0 radical (unpaired) electrons. The Bertz CT molecular complexity index is 516. The normalized spacial score (nSPS) is 18.9. The zero-order valence-corrected chi connectivity index (χ0v) is 12.9. The monoisotopic (exact) mass is 272 g/mol. The van der Waals surface area contributed by atoms with E-state index in [1.165, 1.54) is 24.0 Å². The number of hydrogen-bond acceptors (Lipinski definition) is 3. The lowest BCUT2D eigenvalue weighted by atomic mass is 9.96. The van der Waals surface area contributed by atoms with Crippen LogP contribution in [-0.4, -0.2) is 17.7 Å². The van der Waals surface area contributed by atoms with Crippen molar-refractivity contribution in [3.05, 3.63) is 29.3 Å². The number of nitrogens with zero attached hydrogens (tertiary/aromatic N) is 1. The first-order valence-electron chi connectivity index (χ1n) is 7.35. The molecule has 1 aromatic carbocycles. The maximum absolute atomic E-state index is 9.39. The molecule has 0 aromatic heterocycles. The Morgan fingerprint density at radius 2 is 2.10 bits per heavy atom. The van der Waals surface area contributed by atoms with Gasteiger partial charge in [-0.3, -0.25) is 5.32 Å². The van der Waals surface area contributed by atoms with Gasteiger partial charge in [0, 0.05) is 12.5 Å². The lowest BCUT2D eigenvalue weighted by molar-refractivity contribution is 0.179. The molecule has 0 heterocycles. The zero-order chi connectivity index (χ0) is 14.8. The van der Waals surface area contributed by atoms with Crippen LogP contribution in [0.5, 0.6) is 5.75 Å². The third-order valence-electron chi connectivity index (χ3n) is 3.86. The fourth-order valence-electron chi connectivity index (χ4n) is 2.45. The summed E-state index contributed by atoms with van der Waals surface area (Å²) in [6.07, 6.45) is 3.06. The summed E-state index contributed by atoms with van der Waals surface area (Å²) in [7, 11) is 0. The summed E-state index contributed by atoms with van der Waals surface area (Å²) in [5, 5.41) is 12.8. The van der Waals surface area contributed by atoms with Crippen LogP contribution in [0.15, 0.2) is 18.2 Å². The molecule has 0 saturated heterocycles. The molecule has 108 valence electrons. The molecule has 1 aliphatic carbocycles. The highest BCUT2D eigenvalue weighted by atomic mass is 16.5. The van der Waals surface area contributed by atoms with E-state index in [-0.39, 0.29) is 6.10 Å². The van der Waals surface area contributed by atoms with E-state index in [0.717, 1.165) is 5.75 Å². The fraction of sp³-hybridized carbons (Fsp3) is 0.588. The minimum Gasteiger partial charge on any atom is -0.491 e. The number of rotatable bonds is 6. The second-order valence-electron chi connectivity index (χ2n) is 6.24. The molecule has 2 unspecified atom stereocenters. The summed E-state index contributed by atoms with van der Waals surface area (Å²) in [4.78, 5) is 0. The summed E-state index contributed by atoms with van der Waals surface area (Å²) in [5.41, 5.74) is 2.00. The standard InChI is InChI=1S/C17H24N2O/c1-12-5-8-16(9-13(12)2)20-14(3)10-17(4,11-18)19-15-6-7-15/h5,8-9,14-15,19H,6-7,10H2,1-4H3. The highest BCUT2D eigenvalue weighted by Crippen LogP contribution is 2.26. The first-order valence-corrected chi connectivity index (χ1v) is 7.35. The molecular formula is C17H24N2O. The van der Waals surface area contributed by atoms with Crippen molar-refractivity contribution in [3.63, 3.8) is 0 Å². The third kappa shape index (κ3) is 3.98. The highest BCUT2D eigenvalue weighted by Gasteiger charge is 2.34. The Balaban J connectivity index is 1.95. The average Bonchev–Trinajstić information content (AvgIpc) is 3.17. The van der Waals surface area contributed by atoms with Crippen molar-refractivity contribution in [2.75, 3.05) is 0 Å². The Kier molecular flexibility index (Phi) is 4.35. The highest BCUT2D eigenvalue weighted by molar-refractivity contribution is 5.34. The largest absolute Gasteiger partial charge is 0.491 e. The minimum atomic E-state index is -0.500. The number of hydrogen-bond donors (Lipinski definition) is 1. The van der Waals surface area contributed by atoms with E-state index in [1.54, 1.807) is 0 Å². The van der Waals surface area contributed by atoms with Crippen molar-refractivity contribution in [3.8, 4) is 11.8 Å². The van der Waals surface area contributed by atoms with Gasteiger partial charge in [-0.15, -0.1) is 0 Å². The molecule has 0 amide bonds. The fourth-order valence-corrected chi connectivity index (χ4v) is 2.45. The van der Waals surface area contributed by atoms with Crippen molar-refractivity contribution in [2.45, 2.75) is 64.6 Å². The smallest absolute Gasteiger partial charge is 0.119 e. The molecule has 1 saturated carbocycles.